The highest BCUT2D eigenvalue weighted by atomic mass is 19.2. The Hall–Kier alpha value is -4.01. The molecule has 3 aromatic rings. The lowest BCUT2D eigenvalue weighted by atomic mass is 9.73. The van der Waals surface area contributed by atoms with Gasteiger partial charge < -0.3 is 29.3 Å². The molecule has 10 heteroatoms. The second kappa shape index (κ2) is 13.0. The number of nitrogens with one attached hydrogen (secondary N) is 1. The topological polar surface area (TPSA) is 66.5 Å². The Kier molecular flexibility index (Phi) is 9.03. The van der Waals surface area contributed by atoms with Crippen molar-refractivity contribution in [3.8, 4) is 17.6 Å². The molecule has 3 aliphatic rings. The first-order chi connectivity index (χ1) is 22.0. The highest BCUT2D eigenvalue weighted by Crippen LogP contribution is 2.44. The van der Waals surface area contributed by atoms with Gasteiger partial charge in [-0.25, -0.2) is 13.6 Å². The van der Waals surface area contributed by atoms with Crippen LogP contribution in [0.15, 0.2) is 66.7 Å². The quantitative estimate of drug-likeness (QED) is 0.394. The van der Waals surface area contributed by atoms with Crippen molar-refractivity contribution >= 4 is 11.7 Å². The standard InChI is InChI=1S/C36H40F2N4O4/c1-36(2)45-31-21-41(35(43)39-26-15-17-27(44-5)18-16-26)20-30-33(29(19-40(3)4)42(30)22-32(31)46-36)24-12-9-23(10-13-24)11-14-25-7-6-8-28(37)34(25)38/h6-10,12-13,15-18,29-33H,19-22H2,1-5H3,(H,39,43)/t29-,30+,31+,32-,33+/m1/s1. The summed E-state index contributed by atoms with van der Waals surface area (Å²) in [7, 11) is 5.73. The third-order valence-corrected chi connectivity index (χ3v) is 8.93. The monoisotopic (exact) mass is 630 g/mol. The summed E-state index contributed by atoms with van der Waals surface area (Å²) in [4.78, 5) is 20.3. The van der Waals surface area contributed by atoms with E-state index in [1.54, 1.807) is 7.11 Å². The molecule has 3 aliphatic heterocycles. The van der Waals surface area contributed by atoms with Gasteiger partial charge in [-0.2, -0.15) is 0 Å². The van der Waals surface area contributed by atoms with Crippen molar-refractivity contribution in [3.05, 3.63) is 95.1 Å². The number of nitrogens with zero attached hydrogens (tertiary/aromatic N) is 3. The molecule has 242 valence electrons. The highest BCUT2D eigenvalue weighted by molar-refractivity contribution is 5.89. The van der Waals surface area contributed by atoms with E-state index in [1.807, 2.05) is 55.1 Å². The number of fused-ring (bicyclic) bond motifs is 2. The zero-order chi connectivity index (χ0) is 32.6. The van der Waals surface area contributed by atoms with E-state index < -0.39 is 17.4 Å². The molecule has 2 amide bonds. The van der Waals surface area contributed by atoms with E-state index in [4.69, 9.17) is 14.2 Å². The number of urea groups is 1. The molecule has 3 fully saturated rings. The summed E-state index contributed by atoms with van der Waals surface area (Å²) in [6, 6.07) is 19.2. The molecular weight excluding hydrogens is 590 g/mol. The van der Waals surface area contributed by atoms with Crippen molar-refractivity contribution < 1.29 is 27.8 Å². The maximum Gasteiger partial charge on any atom is 0.321 e. The van der Waals surface area contributed by atoms with Crippen LogP contribution in [0.2, 0.25) is 0 Å². The third-order valence-electron chi connectivity index (χ3n) is 8.93. The Balaban J connectivity index is 1.27. The van der Waals surface area contributed by atoms with Crippen molar-refractivity contribution in [1.82, 2.24) is 14.7 Å². The van der Waals surface area contributed by atoms with Gasteiger partial charge in [0.1, 0.15) is 18.0 Å². The van der Waals surface area contributed by atoms with Gasteiger partial charge in [0, 0.05) is 48.9 Å². The summed E-state index contributed by atoms with van der Waals surface area (Å²) in [5, 5.41) is 3.05. The van der Waals surface area contributed by atoms with Crippen LogP contribution in [0.4, 0.5) is 19.3 Å². The Morgan fingerprint density at radius 1 is 0.978 bits per heavy atom. The molecule has 5 atom stereocenters. The smallest absolute Gasteiger partial charge is 0.321 e. The minimum absolute atomic E-state index is 0.0203. The SMILES string of the molecule is COc1ccc(NC(=O)N2C[C@@H]3OC(C)(C)O[C@@H]3CN3[C@H](CN(C)C)[C@H](c4ccc(C#Cc5cccc(F)c5F)cc4)[C@@H]3C2)cc1. The predicted octanol–water partition coefficient (Wildman–Crippen LogP) is 5.14. The van der Waals surface area contributed by atoms with Gasteiger partial charge in [0.2, 0.25) is 0 Å². The summed E-state index contributed by atoms with van der Waals surface area (Å²) in [5.74, 6) is 3.94. The molecule has 0 unspecified atom stereocenters. The molecule has 1 N–H and O–H groups in total. The number of likely N-dealkylation sites (N-methyl/N-ethyl adjacent to an activating group) is 1. The maximum absolute atomic E-state index is 14.1. The van der Waals surface area contributed by atoms with Crippen LogP contribution >= 0.6 is 0 Å². The van der Waals surface area contributed by atoms with E-state index in [0.717, 1.165) is 18.2 Å². The van der Waals surface area contributed by atoms with Crippen LogP contribution in [0.5, 0.6) is 5.75 Å². The van der Waals surface area contributed by atoms with Crippen molar-refractivity contribution in [3.63, 3.8) is 0 Å². The molecule has 46 heavy (non-hydrogen) atoms. The van der Waals surface area contributed by atoms with Gasteiger partial charge in [0.05, 0.1) is 19.2 Å². The molecule has 0 spiro atoms. The second-order valence-corrected chi connectivity index (χ2v) is 12.9. The Morgan fingerprint density at radius 2 is 1.67 bits per heavy atom. The minimum Gasteiger partial charge on any atom is -0.497 e. The van der Waals surface area contributed by atoms with Crippen LogP contribution in [0.25, 0.3) is 0 Å². The Bertz CT molecular complexity index is 1620. The molecule has 0 saturated carbocycles. The van der Waals surface area contributed by atoms with Crippen molar-refractivity contribution in [2.45, 2.75) is 49.8 Å². The predicted molar refractivity (Wildman–Crippen MR) is 172 cm³/mol. The lowest BCUT2D eigenvalue weighted by Gasteiger charge is -2.59. The molecule has 0 aliphatic carbocycles. The Morgan fingerprint density at radius 3 is 2.35 bits per heavy atom. The number of amides is 2. The number of hydrogen-bond acceptors (Lipinski definition) is 6. The lowest BCUT2D eigenvalue weighted by molar-refractivity contribution is -0.150. The van der Waals surface area contributed by atoms with Gasteiger partial charge in [-0.05, 0) is 82.0 Å². The molecule has 3 aromatic carbocycles. The number of benzene rings is 3. The number of ether oxygens (including phenoxy) is 3. The van der Waals surface area contributed by atoms with E-state index in [-0.39, 0.29) is 41.8 Å². The van der Waals surface area contributed by atoms with Gasteiger partial charge in [-0.3, -0.25) is 4.90 Å². The largest absolute Gasteiger partial charge is 0.497 e. The number of methoxy groups -OCH3 is 1. The highest BCUT2D eigenvalue weighted by Gasteiger charge is 2.54. The molecule has 8 nitrogen and oxygen atoms in total. The first-order valence-electron chi connectivity index (χ1n) is 15.5. The van der Waals surface area contributed by atoms with Crippen molar-refractivity contribution in [1.29, 1.82) is 0 Å². The summed E-state index contributed by atoms with van der Waals surface area (Å²) >= 11 is 0. The van der Waals surface area contributed by atoms with Crippen molar-refractivity contribution in [2.24, 2.45) is 0 Å². The van der Waals surface area contributed by atoms with Crippen LogP contribution < -0.4 is 10.1 Å². The zero-order valence-electron chi connectivity index (χ0n) is 26.8. The molecular formula is C36H40F2N4O4. The number of anilines is 1. The summed E-state index contributed by atoms with van der Waals surface area (Å²) in [6.45, 7) is 6.26. The summed E-state index contributed by atoms with van der Waals surface area (Å²) < 4.78 is 45.7. The molecule has 6 rings (SSSR count). The van der Waals surface area contributed by atoms with E-state index in [1.165, 1.54) is 12.1 Å². The first kappa shape index (κ1) is 32.0. The van der Waals surface area contributed by atoms with Crippen LogP contribution in [0.1, 0.15) is 36.5 Å². The number of hydrogen-bond donors (Lipinski definition) is 1. The van der Waals surface area contributed by atoms with Crippen molar-refractivity contribution in [2.75, 3.05) is 52.7 Å². The van der Waals surface area contributed by atoms with Crippen LogP contribution in [-0.4, -0.2) is 98.2 Å². The Labute approximate surface area is 269 Å². The normalized spacial score (nSPS) is 25.3. The third kappa shape index (κ3) is 6.74. The second-order valence-electron chi connectivity index (χ2n) is 12.9. The lowest BCUT2D eigenvalue weighted by Crippen LogP contribution is -2.71. The summed E-state index contributed by atoms with van der Waals surface area (Å²) in [5.41, 5.74) is 2.53. The van der Waals surface area contributed by atoms with Gasteiger partial charge in [0.25, 0.3) is 0 Å². The van der Waals surface area contributed by atoms with Crippen LogP contribution in [0.3, 0.4) is 0 Å². The fourth-order valence-corrected chi connectivity index (χ4v) is 6.85. The van der Waals surface area contributed by atoms with E-state index in [2.05, 4.69) is 53.2 Å². The van der Waals surface area contributed by atoms with Gasteiger partial charge >= 0.3 is 6.03 Å². The van der Waals surface area contributed by atoms with Gasteiger partial charge in [0.15, 0.2) is 17.4 Å². The number of carbonyl (C=O) groups is 1. The minimum atomic E-state index is -0.945. The number of rotatable bonds is 5. The molecule has 0 bridgehead atoms. The number of halogens is 2. The van der Waals surface area contributed by atoms with Crippen LogP contribution in [-0.2, 0) is 9.47 Å². The average Bonchev–Trinajstić information content (AvgIpc) is 3.31. The van der Waals surface area contributed by atoms with E-state index in [0.29, 0.717) is 36.6 Å². The zero-order valence-corrected chi connectivity index (χ0v) is 26.8. The molecule has 3 heterocycles. The maximum atomic E-state index is 14.1. The molecule has 0 radical (unpaired) electrons. The fourth-order valence-electron chi connectivity index (χ4n) is 6.85. The van der Waals surface area contributed by atoms with Gasteiger partial charge in [-0.15, -0.1) is 0 Å². The number of carbonyl (C=O) groups excluding carboxylic acids is 1. The van der Waals surface area contributed by atoms with Crippen LogP contribution in [0, 0.1) is 23.5 Å². The molecule has 0 aromatic heterocycles. The van der Waals surface area contributed by atoms with E-state index in [9.17, 15) is 13.6 Å². The fraction of sp³-hybridized carbons (Fsp3) is 0.417. The summed E-state index contributed by atoms with van der Waals surface area (Å²) in [6.07, 6.45) is -0.460. The first-order valence-corrected chi connectivity index (χ1v) is 15.5. The average molecular weight is 631 g/mol. The van der Waals surface area contributed by atoms with Gasteiger partial charge in [-0.1, -0.05) is 30.0 Å². The van der Waals surface area contributed by atoms with E-state index >= 15 is 0 Å². The molecule has 3 saturated heterocycles.